The molecule has 2 aromatic rings. The van der Waals surface area contributed by atoms with Gasteiger partial charge in [-0.05, 0) is 41.8 Å². The van der Waals surface area contributed by atoms with Crippen molar-refractivity contribution in [1.82, 2.24) is 10.2 Å². The molecule has 0 saturated carbocycles. The zero-order valence-electron chi connectivity index (χ0n) is 14.7. The van der Waals surface area contributed by atoms with Crippen LogP contribution in [0.1, 0.15) is 11.1 Å². The minimum absolute atomic E-state index is 0.125. The standard InChI is InChI=1S/C20H17ClN2O3S2/c21-16-4-2-1-3-14(16)11-17-19(26)23(20(27)28-17)12-18(25)22-10-9-13-5-7-15(24)8-6-13/h1-8,11,24H,9-10,12H2,(H,22,25)/b17-11+. The molecule has 1 saturated heterocycles. The van der Waals surface area contributed by atoms with Gasteiger partial charge in [0, 0.05) is 11.6 Å². The first-order valence-corrected chi connectivity index (χ1v) is 10.1. The molecule has 3 rings (SSSR count). The fraction of sp³-hybridized carbons (Fsp3) is 0.150. The lowest BCUT2D eigenvalue weighted by atomic mass is 10.1. The van der Waals surface area contributed by atoms with Gasteiger partial charge in [-0.25, -0.2) is 0 Å². The number of benzene rings is 2. The van der Waals surface area contributed by atoms with Crippen LogP contribution in [0, 0.1) is 0 Å². The first-order chi connectivity index (χ1) is 13.4. The van der Waals surface area contributed by atoms with Crippen molar-refractivity contribution in [3.05, 3.63) is 69.6 Å². The minimum Gasteiger partial charge on any atom is -0.508 e. The van der Waals surface area contributed by atoms with Gasteiger partial charge >= 0.3 is 0 Å². The maximum atomic E-state index is 12.6. The van der Waals surface area contributed by atoms with Gasteiger partial charge in [0.15, 0.2) is 0 Å². The highest BCUT2D eigenvalue weighted by Gasteiger charge is 2.33. The Morgan fingerprint density at radius 3 is 2.64 bits per heavy atom. The second-order valence-corrected chi connectivity index (χ2v) is 8.14. The van der Waals surface area contributed by atoms with E-state index in [-0.39, 0.29) is 24.1 Å². The van der Waals surface area contributed by atoms with Gasteiger partial charge in [0.1, 0.15) is 16.6 Å². The van der Waals surface area contributed by atoms with E-state index in [0.29, 0.717) is 27.2 Å². The van der Waals surface area contributed by atoms with E-state index in [0.717, 1.165) is 22.9 Å². The number of phenols is 1. The third kappa shape index (κ3) is 5.13. The Morgan fingerprint density at radius 2 is 1.93 bits per heavy atom. The number of nitrogens with zero attached hydrogens (tertiary/aromatic N) is 1. The fourth-order valence-corrected chi connectivity index (χ4v) is 4.01. The van der Waals surface area contributed by atoms with Gasteiger partial charge in [-0.2, -0.15) is 0 Å². The zero-order valence-corrected chi connectivity index (χ0v) is 17.1. The summed E-state index contributed by atoms with van der Waals surface area (Å²) in [7, 11) is 0. The van der Waals surface area contributed by atoms with Crippen molar-refractivity contribution in [3.8, 4) is 5.75 Å². The molecule has 0 aromatic heterocycles. The van der Waals surface area contributed by atoms with Gasteiger partial charge in [0.2, 0.25) is 5.91 Å². The number of amides is 2. The molecule has 2 aromatic carbocycles. The van der Waals surface area contributed by atoms with Gasteiger partial charge in [-0.15, -0.1) is 0 Å². The fourth-order valence-electron chi connectivity index (χ4n) is 2.58. The number of thioether (sulfide) groups is 1. The van der Waals surface area contributed by atoms with E-state index in [2.05, 4.69) is 5.32 Å². The van der Waals surface area contributed by atoms with E-state index >= 15 is 0 Å². The van der Waals surface area contributed by atoms with E-state index < -0.39 is 0 Å². The smallest absolute Gasteiger partial charge is 0.266 e. The van der Waals surface area contributed by atoms with Crippen LogP contribution in [0.15, 0.2) is 53.4 Å². The zero-order chi connectivity index (χ0) is 20.1. The minimum atomic E-state index is -0.302. The Labute approximate surface area is 177 Å². The Balaban J connectivity index is 1.55. The van der Waals surface area contributed by atoms with Crippen LogP contribution in [0.25, 0.3) is 6.08 Å². The maximum Gasteiger partial charge on any atom is 0.266 e. The van der Waals surface area contributed by atoms with E-state index in [1.165, 1.54) is 4.90 Å². The van der Waals surface area contributed by atoms with E-state index in [9.17, 15) is 14.7 Å². The number of carbonyl (C=O) groups is 2. The Kier molecular flexibility index (Phi) is 6.72. The third-order valence-electron chi connectivity index (χ3n) is 4.04. The largest absolute Gasteiger partial charge is 0.508 e. The van der Waals surface area contributed by atoms with Crippen molar-refractivity contribution >= 4 is 57.8 Å². The van der Waals surface area contributed by atoms with Gasteiger partial charge in [0.05, 0.1) is 4.91 Å². The van der Waals surface area contributed by atoms with Crippen molar-refractivity contribution in [3.63, 3.8) is 0 Å². The maximum absolute atomic E-state index is 12.6. The first kappa shape index (κ1) is 20.4. The number of phenolic OH excluding ortho intramolecular Hbond substituents is 1. The number of hydrogen-bond acceptors (Lipinski definition) is 5. The summed E-state index contributed by atoms with van der Waals surface area (Å²) in [6, 6.07) is 14.0. The molecule has 8 heteroatoms. The average Bonchev–Trinajstić information content (AvgIpc) is 2.93. The topological polar surface area (TPSA) is 69.6 Å². The van der Waals surface area contributed by atoms with Gasteiger partial charge in [-0.1, -0.05) is 65.9 Å². The van der Waals surface area contributed by atoms with Crippen LogP contribution in [0.3, 0.4) is 0 Å². The van der Waals surface area contributed by atoms with Crippen molar-refractivity contribution in [2.45, 2.75) is 6.42 Å². The summed E-state index contributed by atoms with van der Waals surface area (Å²) < 4.78 is 0.344. The van der Waals surface area contributed by atoms with Crippen LogP contribution < -0.4 is 5.32 Å². The molecular weight excluding hydrogens is 416 g/mol. The second-order valence-electron chi connectivity index (χ2n) is 6.06. The lowest BCUT2D eigenvalue weighted by Crippen LogP contribution is -2.40. The molecule has 28 heavy (non-hydrogen) atoms. The van der Waals surface area contributed by atoms with Crippen molar-refractivity contribution in [1.29, 1.82) is 0 Å². The summed E-state index contributed by atoms with van der Waals surface area (Å²) in [5.41, 5.74) is 1.72. The highest BCUT2D eigenvalue weighted by Crippen LogP contribution is 2.33. The van der Waals surface area contributed by atoms with Crippen LogP contribution in [-0.4, -0.2) is 39.2 Å². The van der Waals surface area contributed by atoms with Crippen LogP contribution in [0.5, 0.6) is 5.75 Å². The molecule has 5 nitrogen and oxygen atoms in total. The Morgan fingerprint density at radius 1 is 1.21 bits per heavy atom. The van der Waals surface area contributed by atoms with Crippen LogP contribution >= 0.6 is 35.6 Å². The van der Waals surface area contributed by atoms with Crippen molar-refractivity contribution in [2.75, 3.05) is 13.1 Å². The average molecular weight is 433 g/mol. The summed E-state index contributed by atoms with van der Waals surface area (Å²) in [5.74, 6) is -0.385. The summed E-state index contributed by atoms with van der Waals surface area (Å²) in [6.45, 7) is 0.300. The summed E-state index contributed by atoms with van der Waals surface area (Å²) in [5, 5.41) is 12.6. The summed E-state index contributed by atoms with van der Waals surface area (Å²) in [6.07, 6.45) is 2.31. The quantitative estimate of drug-likeness (QED) is 0.539. The third-order valence-corrected chi connectivity index (χ3v) is 5.76. The van der Waals surface area contributed by atoms with Crippen LogP contribution in [-0.2, 0) is 16.0 Å². The lowest BCUT2D eigenvalue weighted by molar-refractivity contribution is -0.128. The molecule has 1 heterocycles. The van der Waals surface area contributed by atoms with E-state index in [4.69, 9.17) is 23.8 Å². The molecule has 1 aliphatic rings. The predicted octanol–water partition coefficient (Wildman–Crippen LogP) is 3.61. The molecule has 0 spiro atoms. The summed E-state index contributed by atoms with van der Waals surface area (Å²) >= 11 is 12.5. The van der Waals surface area contributed by atoms with E-state index in [1.54, 1.807) is 36.4 Å². The molecular formula is C20H17ClN2O3S2. The van der Waals surface area contributed by atoms with Gasteiger partial charge in [0.25, 0.3) is 5.91 Å². The Bertz CT molecular complexity index is 945. The highest BCUT2D eigenvalue weighted by atomic mass is 35.5. The number of nitrogens with one attached hydrogen (secondary N) is 1. The molecule has 2 N–H and O–H groups in total. The van der Waals surface area contributed by atoms with Gasteiger partial charge in [-0.3, -0.25) is 14.5 Å². The molecule has 0 unspecified atom stereocenters. The highest BCUT2D eigenvalue weighted by molar-refractivity contribution is 8.26. The molecule has 144 valence electrons. The number of carbonyl (C=O) groups excluding carboxylic acids is 2. The first-order valence-electron chi connectivity index (χ1n) is 8.48. The summed E-state index contributed by atoms with van der Waals surface area (Å²) in [4.78, 5) is 26.5. The number of hydrogen-bond donors (Lipinski definition) is 2. The number of thiocarbonyl (C=S) groups is 1. The normalized spacial score (nSPS) is 15.3. The molecule has 0 bridgehead atoms. The monoisotopic (exact) mass is 432 g/mol. The van der Waals surface area contributed by atoms with Crippen molar-refractivity contribution < 1.29 is 14.7 Å². The SMILES string of the molecule is O=C(CN1C(=O)/C(=C\c2ccccc2Cl)SC1=S)NCCc1ccc(O)cc1. The second kappa shape index (κ2) is 9.23. The number of aromatic hydroxyl groups is 1. The molecule has 0 aliphatic carbocycles. The van der Waals surface area contributed by atoms with Crippen LogP contribution in [0.4, 0.5) is 0 Å². The molecule has 2 amide bonds. The molecule has 1 fully saturated rings. The molecule has 0 atom stereocenters. The predicted molar refractivity (Wildman–Crippen MR) is 116 cm³/mol. The van der Waals surface area contributed by atoms with Crippen LogP contribution in [0.2, 0.25) is 5.02 Å². The van der Waals surface area contributed by atoms with Gasteiger partial charge < -0.3 is 10.4 Å². The molecule has 0 radical (unpaired) electrons. The Hall–Kier alpha value is -2.35. The van der Waals surface area contributed by atoms with E-state index in [1.807, 2.05) is 18.2 Å². The number of rotatable bonds is 6. The molecule has 1 aliphatic heterocycles. The van der Waals surface area contributed by atoms with Crippen molar-refractivity contribution in [2.24, 2.45) is 0 Å². The lowest BCUT2D eigenvalue weighted by Gasteiger charge is -2.14. The number of halogens is 1.